The lowest BCUT2D eigenvalue weighted by Gasteiger charge is -2.21. The van der Waals surface area contributed by atoms with Crippen LogP contribution in [0.1, 0.15) is 43.7 Å². The van der Waals surface area contributed by atoms with Crippen LogP contribution >= 0.6 is 11.3 Å². The van der Waals surface area contributed by atoms with Crippen molar-refractivity contribution < 1.29 is 4.79 Å². The summed E-state index contributed by atoms with van der Waals surface area (Å²) in [4.78, 5) is 17.7. The molecule has 0 aromatic carbocycles. The van der Waals surface area contributed by atoms with Crippen molar-refractivity contribution in [1.82, 2.24) is 4.98 Å². The molecule has 1 heterocycles. The predicted molar refractivity (Wildman–Crippen MR) is 70.3 cm³/mol. The largest absolute Gasteiger partial charge is 0.318 e. The number of nitrogens with zero attached hydrogens (tertiary/aromatic N) is 1. The first-order valence-corrected chi connectivity index (χ1v) is 6.93. The number of anilines is 1. The lowest BCUT2D eigenvalue weighted by Crippen LogP contribution is -2.48. The number of nitrogens with two attached hydrogens (primary N) is 1. The summed E-state index contributed by atoms with van der Waals surface area (Å²) in [6.45, 7) is 3.80. The summed E-state index contributed by atoms with van der Waals surface area (Å²) in [5.41, 5.74) is 6.33. The molecule has 1 unspecified atom stereocenters. The van der Waals surface area contributed by atoms with E-state index >= 15 is 0 Å². The molecule has 0 bridgehead atoms. The zero-order valence-electron chi connectivity index (χ0n) is 10.4. The molecule has 0 spiro atoms. The lowest BCUT2D eigenvalue weighted by molar-refractivity contribution is -0.120. The van der Waals surface area contributed by atoms with Crippen LogP contribution in [0.25, 0.3) is 0 Å². The molecule has 0 aliphatic heterocycles. The Bertz CT molecular complexity index is 404. The second kappa shape index (κ2) is 4.74. The third kappa shape index (κ3) is 2.66. The van der Waals surface area contributed by atoms with Crippen molar-refractivity contribution >= 4 is 22.4 Å². The van der Waals surface area contributed by atoms with Gasteiger partial charge < -0.3 is 11.1 Å². The van der Waals surface area contributed by atoms with Crippen molar-refractivity contribution in [3.8, 4) is 0 Å². The van der Waals surface area contributed by atoms with E-state index < -0.39 is 5.54 Å². The maximum atomic E-state index is 12.0. The minimum Gasteiger partial charge on any atom is -0.318 e. The number of amides is 1. The van der Waals surface area contributed by atoms with Crippen LogP contribution in [0.2, 0.25) is 0 Å². The summed E-state index contributed by atoms with van der Waals surface area (Å²) in [7, 11) is 0. The van der Waals surface area contributed by atoms with Crippen LogP contribution in [0.5, 0.6) is 0 Å². The Morgan fingerprint density at radius 2 is 2.35 bits per heavy atom. The third-order valence-corrected chi connectivity index (χ3v) is 4.18. The van der Waals surface area contributed by atoms with E-state index in [0.717, 1.165) is 25.0 Å². The van der Waals surface area contributed by atoms with Crippen LogP contribution in [-0.2, 0) is 17.6 Å². The maximum absolute atomic E-state index is 12.0. The average molecular weight is 253 g/mol. The highest BCUT2D eigenvalue weighted by molar-refractivity contribution is 7.15. The number of fused-ring (bicyclic) bond motifs is 1. The van der Waals surface area contributed by atoms with Crippen LogP contribution in [-0.4, -0.2) is 16.4 Å². The van der Waals surface area contributed by atoms with E-state index in [1.165, 1.54) is 11.3 Å². The molecule has 94 valence electrons. The van der Waals surface area contributed by atoms with Gasteiger partial charge in [0.25, 0.3) is 0 Å². The van der Waals surface area contributed by atoms with E-state index in [2.05, 4.69) is 10.3 Å². The monoisotopic (exact) mass is 253 g/mol. The Morgan fingerprint density at radius 3 is 3.00 bits per heavy atom. The van der Waals surface area contributed by atoms with Crippen LogP contribution in [0.4, 0.5) is 5.13 Å². The fourth-order valence-corrected chi connectivity index (χ4v) is 3.16. The van der Waals surface area contributed by atoms with Gasteiger partial charge in [-0.1, -0.05) is 13.3 Å². The van der Waals surface area contributed by atoms with Crippen molar-refractivity contribution in [3.05, 3.63) is 10.6 Å². The van der Waals surface area contributed by atoms with E-state index in [0.29, 0.717) is 11.6 Å². The van der Waals surface area contributed by atoms with Gasteiger partial charge in [0.15, 0.2) is 5.13 Å². The maximum Gasteiger partial charge on any atom is 0.245 e. The molecule has 1 aromatic rings. The molecule has 17 heavy (non-hydrogen) atoms. The van der Waals surface area contributed by atoms with Crippen LogP contribution in [0.3, 0.4) is 0 Å². The first-order chi connectivity index (χ1) is 8.03. The molecule has 1 atom stereocenters. The van der Waals surface area contributed by atoms with Crippen molar-refractivity contribution in [1.29, 1.82) is 0 Å². The second-order valence-corrected chi connectivity index (χ2v) is 5.95. The van der Waals surface area contributed by atoms with Crippen LogP contribution in [0, 0.1) is 0 Å². The SMILES string of the molecule is CCCC(C)(N)C(=O)Nc1nc2c(s1)CCC2. The molecule has 0 radical (unpaired) electrons. The summed E-state index contributed by atoms with van der Waals surface area (Å²) in [5.74, 6) is -0.133. The fraction of sp³-hybridized carbons (Fsp3) is 0.667. The smallest absolute Gasteiger partial charge is 0.245 e. The molecule has 1 aliphatic rings. The molecule has 4 nitrogen and oxygen atoms in total. The summed E-state index contributed by atoms with van der Waals surface area (Å²) in [6, 6.07) is 0. The first kappa shape index (κ1) is 12.5. The number of rotatable bonds is 4. The summed E-state index contributed by atoms with van der Waals surface area (Å²) < 4.78 is 0. The molecule has 1 aromatic heterocycles. The number of carbonyl (C=O) groups is 1. The highest BCUT2D eigenvalue weighted by atomic mass is 32.1. The van der Waals surface area contributed by atoms with Gasteiger partial charge >= 0.3 is 0 Å². The van der Waals surface area contributed by atoms with Gasteiger partial charge in [-0.25, -0.2) is 4.98 Å². The van der Waals surface area contributed by atoms with Gasteiger partial charge in [-0.15, -0.1) is 11.3 Å². The molecular formula is C12H19N3OS. The van der Waals surface area contributed by atoms with Crippen molar-refractivity contribution in [3.63, 3.8) is 0 Å². The van der Waals surface area contributed by atoms with E-state index in [9.17, 15) is 4.79 Å². The molecule has 0 saturated heterocycles. The topological polar surface area (TPSA) is 68.0 Å². The standard InChI is InChI=1S/C12H19N3OS/c1-3-7-12(2,13)10(16)15-11-14-8-5-4-6-9(8)17-11/h3-7,13H2,1-2H3,(H,14,15,16). The molecule has 2 rings (SSSR count). The van der Waals surface area contributed by atoms with Gasteiger partial charge in [0.1, 0.15) is 0 Å². The minimum atomic E-state index is -0.801. The Kier molecular flexibility index (Phi) is 3.49. The lowest BCUT2D eigenvalue weighted by atomic mass is 9.97. The Labute approximate surface area is 106 Å². The summed E-state index contributed by atoms with van der Waals surface area (Å²) in [5, 5.41) is 3.54. The second-order valence-electron chi connectivity index (χ2n) is 4.86. The van der Waals surface area contributed by atoms with Crippen molar-refractivity contribution in [2.24, 2.45) is 5.73 Å². The Morgan fingerprint density at radius 1 is 1.59 bits per heavy atom. The normalized spacial score (nSPS) is 17.6. The van der Waals surface area contributed by atoms with Gasteiger partial charge in [-0.05, 0) is 32.6 Å². The van der Waals surface area contributed by atoms with Gasteiger partial charge in [0.05, 0.1) is 11.2 Å². The summed E-state index contributed by atoms with van der Waals surface area (Å²) >= 11 is 1.59. The zero-order chi connectivity index (χ0) is 12.5. The van der Waals surface area contributed by atoms with Gasteiger partial charge in [0, 0.05) is 4.88 Å². The van der Waals surface area contributed by atoms with E-state index in [1.54, 1.807) is 18.3 Å². The zero-order valence-corrected chi connectivity index (χ0v) is 11.2. The van der Waals surface area contributed by atoms with Crippen molar-refractivity contribution in [2.75, 3.05) is 5.32 Å². The number of aryl methyl sites for hydroxylation is 2. The number of nitrogens with one attached hydrogen (secondary N) is 1. The first-order valence-electron chi connectivity index (χ1n) is 6.12. The predicted octanol–water partition coefficient (Wildman–Crippen LogP) is 2.09. The number of hydrogen-bond donors (Lipinski definition) is 2. The van der Waals surface area contributed by atoms with Gasteiger partial charge in [-0.2, -0.15) is 0 Å². The molecule has 5 heteroatoms. The average Bonchev–Trinajstić information content (AvgIpc) is 2.77. The third-order valence-electron chi connectivity index (χ3n) is 3.10. The number of hydrogen-bond acceptors (Lipinski definition) is 4. The van der Waals surface area contributed by atoms with Gasteiger partial charge in [0.2, 0.25) is 5.91 Å². The number of aromatic nitrogens is 1. The molecule has 1 amide bonds. The quantitative estimate of drug-likeness (QED) is 0.863. The number of carbonyl (C=O) groups excluding carboxylic acids is 1. The molecule has 0 fully saturated rings. The van der Waals surface area contributed by atoms with E-state index in [4.69, 9.17) is 5.73 Å². The molecule has 0 saturated carbocycles. The van der Waals surface area contributed by atoms with E-state index in [1.807, 2.05) is 6.92 Å². The molecule has 1 aliphatic carbocycles. The van der Waals surface area contributed by atoms with Crippen LogP contribution in [0.15, 0.2) is 0 Å². The minimum absolute atomic E-state index is 0.133. The summed E-state index contributed by atoms with van der Waals surface area (Å²) in [6.07, 6.45) is 4.90. The molecule has 3 N–H and O–H groups in total. The van der Waals surface area contributed by atoms with Crippen molar-refractivity contribution in [2.45, 2.75) is 51.5 Å². The Hall–Kier alpha value is -0.940. The Balaban J connectivity index is 2.03. The van der Waals surface area contributed by atoms with Gasteiger partial charge in [-0.3, -0.25) is 4.79 Å². The van der Waals surface area contributed by atoms with Crippen LogP contribution < -0.4 is 11.1 Å². The molecular weight excluding hydrogens is 234 g/mol. The fourth-order valence-electron chi connectivity index (χ4n) is 2.12. The van der Waals surface area contributed by atoms with E-state index in [-0.39, 0.29) is 5.91 Å². The number of thiazole rings is 1. The highest BCUT2D eigenvalue weighted by Gasteiger charge is 2.28. The highest BCUT2D eigenvalue weighted by Crippen LogP contribution is 2.30.